The number of carbonyl (C=O) groups is 3. The maximum absolute atomic E-state index is 12.3. The monoisotopic (exact) mass is 946 g/mol. The number of benzene rings is 5. The Morgan fingerprint density at radius 2 is 0.934 bits per heavy atom. The zero-order valence-corrected chi connectivity index (χ0v) is 40.5. The van der Waals surface area contributed by atoms with Gasteiger partial charge in [-0.05, 0) is 134 Å². The average molecular weight is 949 g/mol. The van der Waals surface area contributed by atoms with E-state index < -0.39 is 18.1 Å². The summed E-state index contributed by atoms with van der Waals surface area (Å²) in [5, 5.41) is 5.51. The van der Waals surface area contributed by atoms with Gasteiger partial charge >= 0.3 is 11.9 Å². The first-order valence-electron chi connectivity index (χ1n) is 20.8. The van der Waals surface area contributed by atoms with Crippen LogP contribution in [0.4, 0.5) is 0 Å². The first-order chi connectivity index (χ1) is 28.8. The lowest BCUT2D eigenvalue weighted by Crippen LogP contribution is -3.00. The molecular weight excluding hydrogens is 886 g/mol. The van der Waals surface area contributed by atoms with Gasteiger partial charge in [-0.2, -0.15) is 0 Å². The molecule has 0 unspecified atom stereocenters. The number of hydrogen-bond donors (Lipinski definition) is 0. The summed E-state index contributed by atoms with van der Waals surface area (Å²) in [5.74, 6) is -0.208. The van der Waals surface area contributed by atoms with Crippen LogP contribution in [-0.4, -0.2) is 37.6 Å². The van der Waals surface area contributed by atoms with Crippen LogP contribution < -0.4 is 32.9 Å². The molecule has 326 valence electrons. The van der Waals surface area contributed by atoms with E-state index in [2.05, 4.69) is 97.1 Å². The van der Waals surface area contributed by atoms with E-state index in [0.29, 0.717) is 23.8 Å². The maximum Gasteiger partial charge on any atom is 0.311 e. The third-order valence-electron chi connectivity index (χ3n) is 10.2. The average Bonchev–Trinajstić information content (AvgIpc) is 3.26. The second kappa shape index (κ2) is 27.8. The number of aldehydes is 1. The Morgan fingerprint density at radius 3 is 1.31 bits per heavy atom. The molecule has 0 atom stereocenters. The van der Waals surface area contributed by atoms with Crippen LogP contribution in [0.3, 0.4) is 0 Å². The van der Waals surface area contributed by atoms with Gasteiger partial charge in [0.1, 0.15) is 23.2 Å². The molecule has 0 N–H and O–H groups in total. The lowest BCUT2D eigenvalue weighted by molar-refractivity contribution is -0.154. The molecule has 61 heavy (non-hydrogen) atoms. The van der Waals surface area contributed by atoms with Crippen molar-refractivity contribution in [1.82, 2.24) is 0 Å². The molecule has 0 aliphatic rings. The Balaban J connectivity index is 0.000000364. The number of rotatable bonds is 18. The van der Waals surface area contributed by atoms with E-state index in [-0.39, 0.29) is 28.9 Å². The molecule has 5 nitrogen and oxygen atoms in total. The minimum Gasteiger partial charge on any atom is -1.00 e. The molecule has 5 rings (SSSR count). The lowest BCUT2D eigenvalue weighted by Gasteiger charge is -2.28. The van der Waals surface area contributed by atoms with Crippen LogP contribution in [0.5, 0.6) is 0 Å². The van der Waals surface area contributed by atoms with Gasteiger partial charge in [0.2, 0.25) is 0 Å². The predicted molar refractivity (Wildman–Crippen MR) is 256 cm³/mol. The summed E-state index contributed by atoms with van der Waals surface area (Å²) in [7, 11) is -1.79. The molecule has 0 fully saturated rings. The molecule has 5 aromatic carbocycles. The highest BCUT2D eigenvalue weighted by Gasteiger charge is 2.44. The van der Waals surface area contributed by atoms with Crippen molar-refractivity contribution in [2.24, 2.45) is 10.8 Å². The van der Waals surface area contributed by atoms with Gasteiger partial charge in [0, 0.05) is 10.6 Å². The highest BCUT2D eigenvalue weighted by molar-refractivity contribution is 7.95. The van der Waals surface area contributed by atoms with E-state index >= 15 is 0 Å². The smallest absolute Gasteiger partial charge is 0.311 e. The summed E-state index contributed by atoms with van der Waals surface area (Å²) in [5.41, 5.74) is 0.718. The van der Waals surface area contributed by atoms with Crippen LogP contribution in [0.15, 0.2) is 146 Å². The van der Waals surface area contributed by atoms with E-state index in [4.69, 9.17) is 32.7 Å². The minimum absolute atomic E-state index is 0. The maximum atomic E-state index is 12.3. The fourth-order valence-corrected chi connectivity index (χ4v) is 11.5. The van der Waals surface area contributed by atoms with Gasteiger partial charge in [0.15, 0.2) is 6.29 Å². The Hall–Kier alpha value is -4.06. The molecule has 0 saturated heterocycles. The molecular formula is C52H62BrCl2O5P. The number of esters is 2. The molecule has 0 heterocycles. The molecule has 0 aromatic heterocycles. The molecule has 0 amide bonds. The number of ether oxygens (including phenoxy) is 2. The van der Waals surface area contributed by atoms with Gasteiger partial charge in [-0.1, -0.05) is 126 Å². The van der Waals surface area contributed by atoms with E-state index in [0.717, 1.165) is 61.6 Å². The fourth-order valence-electron chi connectivity index (χ4n) is 6.71. The summed E-state index contributed by atoms with van der Waals surface area (Å²) in [4.78, 5) is 34.2. The van der Waals surface area contributed by atoms with Gasteiger partial charge in [-0.3, -0.25) is 14.4 Å². The van der Waals surface area contributed by atoms with Crippen molar-refractivity contribution >= 4 is 70.7 Å². The molecule has 5 aromatic rings. The third kappa shape index (κ3) is 17.0. The Labute approximate surface area is 386 Å². The second-order valence-electron chi connectivity index (χ2n) is 15.7. The van der Waals surface area contributed by atoms with Crippen LogP contribution in [0, 0.1) is 10.8 Å². The van der Waals surface area contributed by atoms with E-state index in [9.17, 15) is 14.4 Å². The normalized spacial score (nSPS) is 11.2. The van der Waals surface area contributed by atoms with Crippen molar-refractivity contribution in [3.63, 3.8) is 0 Å². The van der Waals surface area contributed by atoms with E-state index in [1.807, 2.05) is 71.9 Å². The quantitative estimate of drug-likeness (QED) is 0.0379. The Morgan fingerprint density at radius 1 is 0.557 bits per heavy atom. The summed E-state index contributed by atoms with van der Waals surface area (Å²) >= 11 is 11.7. The standard InChI is InChI=1S/C28H34O2P.C17H23ClO2.C7H5ClO.BrH/c1-4-30-27(29)28(2,3)22-14-15-23-31(24-16-8-5-9-17-24,25-18-10-6-11-19-25)26-20-12-7-13-21-26;1-4-20-16(19)17(2,3)13-9-5-6-10-14-11-7-8-12-15(14)18;8-7-4-2-1-3-6(7)5-9;/h5-13,16-21H,4,14-15,22-23H2,1-3H3;6-8,10-12H,4-5,9,13H2,1-3H3;1-5H;1H/q+1;;;/p-1/b;10-6+;;. The van der Waals surface area contributed by atoms with Crippen molar-refractivity contribution in [3.8, 4) is 0 Å². The summed E-state index contributed by atoms with van der Waals surface area (Å²) in [6, 6.07) is 47.6. The first kappa shape index (κ1) is 53.1. The van der Waals surface area contributed by atoms with Crippen LogP contribution in [0.25, 0.3) is 6.08 Å². The minimum atomic E-state index is -1.79. The highest BCUT2D eigenvalue weighted by atomic mass is 79.9. The van der Waals surface area contributed by atoms with Gasteiger partial charge < -0.3 is 26.5 Å². The largest absolute Gasteiger partial charge is 1.00 e. The number of hydrogen-bond acceptors (Lipinski definition) is 5. The number of carbonyl (C=O) groups excluding carboxylic acids is 3. The van der Waals surface area contributed by atoms with Crippen LogP contribution in [0.1, 0.15) is 96.0 Å². The summed E-state index contributed by atoms with van der Waals surface area (Å²) in [6.07, 6.45) is 11.5. The van der Waals surface area contributed by atoms with Crippen LogP contribution in [0.2, 0.25) is 10.0 Å². The molecule has 0 spiro atoms. The van der Waals surface area contributed by atoms with E-state index in [1.165, 1.54) is 15.9 Å². The van der Waals surface area contributed by atoms with Crippen LogP contribution in [-0.2, 0) is 19.1 Å². The highest BCUT2D eigenvalue weighted by Crippen LogP contribution is 2.56. The molecule has 0 saturated carbocycles. The van der Waals surface area contributed by atoms with Crippen molar-refractivity contribution in [1.29, 1.82) is 0 Å². The van der Waals surface area contributed by atoms with Crippen molar-refractivity contribution in [2.45, 2.75) is 80.1 Å². The number of unbranched alkanes of at least 4 members (excludes halogenated alkanes) is 2. The molecule has 0 aliphatic heterocycles. The lowest BCUT2D eigenvalue weighted by atomic mass is 9.87. The SMILES string of the molecule is CCOC(=O)C(C)(C)CCC/C=C/c1ccccc1Cl.CCOC(=O)C(C)(C)CCCC[P+](c1ccccc1)(c1ccccc1)c1ccccc1.O=Cc1ccccc1Cl.[Br-]. The van der Waals surface area contributed by atoms with Gasteiger partial charge in [-0.15, -0.1) is 0 Å². The van der Waals surface area contributed by atoms with Crippen molar-refractivity contribution in [2.75, 3.05) is 19.4 Å². The van der Waals surface area contributed by atoms with Gasteiger partial charge in [0.05, 0.1) is 35.2 Å². The topological polar surface area (TPSA) is 69.7 Å². The van der Waals surface area contributed by atoms with Gasteiger partial charge in [0.25, 0.3) is 0 Å². The Kier molecular flexibility index (Phi) is 24.2. The van der Waals surface area contributed by atoms with E-state index in [1.54, 1.807) is 24.3 Å². The Bertz CT molecular complexity index is 1960. The molecule has 0 bridgehead atoms. The third-order valence-corrected chi connectivity index (χ3v) is 15.4. The zero-order chi connectivity index (χ0) is 43.9. The molecule has 9 heteroatoms. The predicted octanol–water partition coefficient (Wildman–Crippen LogP) is 10.0. The van der Waals surface area contributed by atoms with Gasteiger partial charge in [-0.25, -0.2) is 0 Å². The number of allylic oxidation sites excluding steroid dienone is 1. The molecule has 0 aliphatic carbocycles. The van der Waals surface area contributed by atoms with Crippen molar-refractivity contribution in [3.05, 3.63) is 167 Å². The van der Waals surface area contributed by atoms with Crippen molar-refractivity contribution < 1.29 is 40.8 Å². The number of halogens is 3. The summed E-state index contributed by atoms with van der Waals surface area (Å²) < 4.78 is 10.4. The summed E-state index contributed by atoms with van der Waals surface area (Å²) in [6.45, 7) is 12.4. The van der Waals surface area contributed by atoms with Crippen LogP contribution >= 0.6 is 30.5 Å². The fraction of sp³-hybridized carbons (Fsp3) is 0.327. The zero-order valence-electron chi connectivity index (χ0n) is 36.5. The second-order valence-corrected chi connectivity index (χ2v) is 20.1. The molecule has 0 radical (unpaired) electrons. The first-order valence-corrected chi connectivity index (χ1v) is 23.6.